The van der Waals surface area contributed by atoms with Gasteiger partial charge >= 0.3 is 0 Å². The second-order valence-corrected chi connectivity index (χ2v) is 5.08. The monoisotopic (exact) mass is 255 g/mol. The highest BCUT2D eigenvalue weighted by Crippen LogP contribution is 2.26. The molecule has 0 spiro atoms. The molecule has 16 heavy (non-hydrogen) atoms. The van der Waals surface area contributed by atoms with Crippen LogP contribution in [0.4, 0.5) is 0 Å². The molecule has 1 aliphatic rings. The van der Waals surface area contributed by atoms with Gasteiger partial charge in [0.1, 0.15) is 0 Å². The van der Waals surface area contributed by atoms with Gasteiger partial charge in [-0.05, 0) is 25.1 Å². The second-order valence-electron chi connectivity index (χ2n) is 3.79. The molecule has 0 saturated carbocycles. The molecule has 1 aromatic heterocycles. The number of hydrogen-bond donors (Lipinski definition) is 2. The molecule has 5 heteroatoms. The van der Waals surface area contributed by atoms with Gasteiger partial charge in [0.05, 0.1) is 11.0 Å². The Bertz CT molecular complexity index is 432. The molecule has 1 fully saturated rings. The molecule has 1 aromatic carbocycles. The van der Waals surface area contributed by atoms with E-state index in [-0.39, 0.29) is 12.4 Å². The Balaban J connectivity index is 0.000000963. The van der Waals surface area contributed by atoms with Gasteiger partial charge < -0.3 is 10.3 Å². The zero-order chi connectivity index (χ0) is 10.1. The van der Waals surface area contributed by atoms with E-state index in [1.807, 2.05) is 30.0 Å². The minimum absolute atomic E-state index is 0. The molecule has 86 valence electrons. The highest BCUT2D eigenvalue weighted by atomic mass is 35.5. The van der Waals surface area contributed by atoms with Crippen molar-refractivity contribution in [2.45, 2.75) is 16.8 Å². The molecule has 1 unspecified atom stereocenters. The number of fused-ring (bicyclic) bond motifs is 1. The first-order valence-electron chi connectivity index (χ1n) is 5.24. The Kier molecular flexibility index (Phi) is 3.74. The first kappa shape index (κ1) is 11.8. The summed E-state index contributed by atoms with van der Waals surface area (Å²) in [6, 6.07) is 8.17. The molecule has 1 aliphatic heterocycles. The van der Waals surface area contributed by atoms with Gasteiger partial charge in [-0.3, -0.25) is 0 Å². The summed E-state index contributed by atoms with van der Waals surface area (Å²) in [4.78, 5) is 7.90. The van der Waals surface area contributed by atoms with Crippen molar-refractivity contribution in [1.82, 2.24) is 15.3 Å². The Hall–Kier alpha value is -0.710. The molecule has 2 aromatic rings. The summed E-state index contributed by atoms with van der Waals surface area (Å²) in [5, 5.41) is 5.08. The Morgan fingerprint density at radius 2 is 2.19 bits per heavy atom. The van der Waals surface area contributed by atoms with Gasteiger partial charge in [-0.15, -0.1) is 12.4 Å². The maximum Gasteiger partial charge on any atom is 0.166 e. The lowest BCUT2D eigenvalue weighted by Crippen LogP contribution is -2.10. The van der Waals surface area contributed by atoms with Crippen molar-refractivity contribution in [2.75, 3.05) is 13.1 Å². The Labute approximate surface area is 105 Å². The predicted molar refractivity (Wildman–Crippen MR) is 70.5 cm³/mol. The van der Waals surface area contributed by atoms with E-state index in [9.17, 15) is 0 Å². The van der Waals surface area contributed by atoms with Gasteiger partial charge in [-0.25, -0.2) is 4.98 Å². The van der Waals surface area contributed by atoms with Gasteiger partial charge in [0.25, 0.3) is 0 Å². The van der Waals surface area contributed by atoms with Crippen LogP contribution in [0.5, 0.6) is 0 Å². The van der Waals surface area contributed by atoms with E-state index in [2.05, 4.69) is 21.4 Å². The Morgan fingerprint density at radius 1 is 1.31 bits per heavy atom. The van der Waals surface area contributed by atoms with Gasteiger partial charge in [-0.2, -0.15) is 0 Å². The molecule has 1 atom stereocenters. The normalized spacial score (nSPS) is 19.9. The van der Waals surface area contributed by atoms with Crippen LogP contribution in [0.3, 0.4) is 0 Å². The number of para-hydroxylation sites is 2. The van der Waals surface area contributed by atoms with E-state index in [4.69, 9.17) is 0 Å². The van der Waals surface area contributed by atoms with E-state index in [1.165, 1.54) is 6.42 Å². The maximum atomic E-state index is 4.56. The molecular formula is C11H14ClN3S. The summed E-state index contributed by atoms with van der Waals surface area (Å²) in [5.74, 6) is 0. The van der Waals surface area contributed by atoms with Gasteiger partial charge in [0.15, 0.2) is 5.16 Å². The van der Waals surface area contributed by atoms with Crippen molar-refractivity contribution >= 4 is 35.2 Å². The van der Waals surface area contributed by atoms with Crippen molar-refractivity contribution in [3.05, 3.63) is 24.3 Å². The second kappa shape index (κ2) is 5.08. The van der Waals surface area contributed by atoms with Crippen LogP contribution >= 0.6 is 24.2 Å². The summed E-state index contributed by atoms with van der Waals surface area (Å²) in [5.41, 5.74) is 2.19. The highest BCUT2D eigenvalue weighted by Gasteiger charge is 2.17. The standard InChI is InChI=1S/C11H13N3S.ClH/c1-2-4-10-9(3-1)13-11(14-10)15-8-5-6-12-7-8;/h1-4,8,12H,5-7H2,(H,13,14);1H. The van der Waals surface area contributed by atoms with Gasteiger partial charge in [-0.1, -0.05) is 23.9 Å². The van der Waals surface area contributed by atoms with Crippen molar-refractivity contribution in [3.63, 3.8) is 0 Å². The molecule has 0 amide bonds. The van der Waals surface area contributed by atoms with Crippen LogP contribution in [0.1, 0.15) is 6.42 Å². The van der Waals surface area contributed by atoms with Crippen LogP contribution < -0.4 is 5.32 Å². The number of H-pyrrole nitrogens is 1. The summed E-state index contributed by atoms with van der Waals surface area (Å²) in [6.07, 6.45) is 1.24. The van der Waals surface area contributed by atoms with Crippen molar-refractivity contribution in [2.24, 2.45) is 0 Å². The topological polar surface area (TPSA) is 40.7 Å². The third kappa shape index (κ3) is 2.34. The van der Waals surface area contributed by atoms with E-state index >= 15 is 0 Å². The number of nitrogens with one attached hydrogen (secondary N) is 2. The maximum absolute atomic E-state index is 4.56. The average molecular weight is 256 g/mol. The molecule has 3 nitrogen and oxygen atoms in total. The molecule has 1 saturated heterocycles. The number of benzene rings is 1. The van der Waals surface area contributed by atoms with Crippen molar-refractivity contribution in [3.8, 4) is 0 Å². The Morgan fingerprint density at radius 3 is 2.94 bits per heavy atom. The zero-order valence-corrected chi connectivity index (χ0v) is 10.4. The smallest absolute Gasteiger partial charge is 0.166 e. The van der Waals surface area contributed by atoms with Gasteiger partial charge in [0.2, 0.25) is 0 Å². The number of imidazole rings is 1. The molecule has 0 radical (unpaired) electrons. The lowest BCUT2D eigenvalue weighted by atomic mass is 10.3. The quantitative estimate of drug-likeness (QED) is 0.866. The van der Waals surface area contributed by atoms with Crippen molar-refractivity contribution < 1.29 is 0 Å². The van der Waals surface area contributed by atoms with E-state index < -0.39 is 0 Å². The zero-order valence-electron chi connectivity index (χ0n) is 8.77. The van der Waals surface area contributed by atoms with Crippen LogP contribution in [0.15, 0.2) is 29.4 Å². The number of hydrogen-bond acceptors (Lipinski definition) is 3. The third-order valence-electron chi connectivity index (χ3n) is 2.66. The molecule has 0 aliphatic carbocycles. The number of halogens is 1. The van der Waals surface area contributed by atoms with Crippen LogP contribution in [0, 0.1) is 0 Å². The molecular weight excluding hydrogens is 242 g/mol. The summed E-state index contributed by atoms with van der Waals surface area (Å²) < 4.78 is 0. The minimum Gasteiger partial charge on any atom is -0.333 e. The molecule has 2 heterocycles. The van der Waals surface area contributed by atoms with E-state index in [0.29, 0.717) is 5.25 Å². The number of aromatic amines is 1. The predicted octanol–water partition coefficient (Wildman–Crippen LogP) is 2.44. The highest BCUT2D eigenvalue weighted by molar-refractivity contribution is 7.99. The fraction of sp³-hybridized carbons (Fsp3) is 0.364. The first-order valence-corrected chi connectivity index (χ1v) is 6.12. The van der Waals surface area contributed by atoms with Crippen LogP contribution in [0.2, 0.25) is 0 Å². The number of thioether (sulfide) groups is 1. The summed E-state index contributed by atoms with van der Waals surface area (Å²) in [7, 11) is 0. The van der Waals surface area contributed by atoms with Crippen molar-refractivity contribution in [1.29, 1.82) is 0 Å². The fourth-order valence-corrected chi connectivity index (χ4v) is 2.94. The fourth-order valence-electron chi connectivity index (χ4n) is 1.87. The summed E-state index contributed by atoms with van der Waals surface area (Å²) >= 11 is 1.85. The number of rotatable bonds is 2. The lowest BCUT2D eigenvalue weighted by molar-refractivity contribution is 0.858. The van der Waals surface area contributed by atoms with Crippen LogP contribution in [-0.2, 0) is 0 Å². The SMILES string of the molecule is Cl.c1ccc2[nH]c(SC3CCNC3)nc2c1. The van der Waals surface area contributed by atoms with E-state index in [0.717, 1.165) is 29.3 Å². The van der Waals surface area contributed by atoms with Crippen LogP contribution in [-0.4, -0.2) is 28.3 Å². The summed E-state index contributed by atoms with van der Waals surface area (Å²) in [6.45, 7) is 2.24. The largest absolute Gasteiger partial charge is 0.333 e. The van der Waals surface area contributed by atoms with Crippen LogP contribution in [0.25, 0.3) is 11.0 Å². The molecule has 0 bridgehead atoms. The third-order valence-corrected chi connectivity index (χ3v) is 3.81. The van der Waals surface area contributed by atoms with E-state index in [1.54, 1.807) is 0 Å². The first-order chi connectivity index (χ1) is 7.42. The molecule has 3 rings (SSSR count). The lowest BCUT2D eigenvalue weighted by Gasteiger charge is -2.03. The van der Waals surface area contributed by atoms with Gasteiger partial charge in [0, 0.05) is 11.8 Å². The number of aromatic nitrogens is 2. The number of nitrogens with zero attached hydrogens (tertiary/aromatic N) is 1. The minimum atomic E-state index is 0. The molecule has 2 N–H and O–H groups in total. The average Bonchev–Trinajstić information content (AvgIpc) is 2.86.